The molecule has 1 heterocycles. The molecule has 0 amide bonds. The van der Waals surface area contributed by atoms with E-state index in [-0.39, 0.29) is 11.9 Å². The summed E-state index contributed by atoms with van der Waals surface area (Å²) in [5.41, 5.74) is 1.49. The lowest BCUT2D eigenvalue weighted by Crippen LogP contribution is -2.14. The molecule has 5 heteroatoms. The van der Waals surface area contributed by atoms with Gasteiger partial charge in [-0.05, 0) is 38.1 Å². The third-order valence-electron chi connectivity index (χ3n) is 2.83. The molecule has 0 saturated heterocycles. The quantitative estimate of drug-likeness (QED) is 0.915. The van der Waals surface area contributed by atoms with Crippen LogP contribution in [0.15, 0.2) is 36.8 Å². The van der Waals surface area contributed by atoms with Gasteiger partial charge in [0.15, 0.2) is 6.04 Å². The highest BCUT2D eigenvalue weighted by atomic mass is 19.1. The fourth-order valence-corrected chi connectivity index (χ4v) is 1.86. The van der Waals surface area contributed by atoms with Crippen LogP contribution >= 0.6 is 0 Å². The third kappa shape index (κ3) is 2.91. The Balaban J connectivity index is 2.23. The van der Waals surface area contributed by atoms with E-state index in [1.165, 1.54) is 12.1 Å². The number of benzene rings is 1. The molecule has 0 fully saturated rings. The monoisotopic (exact) mass is 258 g/mol. The van der Waals surface area contributed by atoms with Gasteiger partial charge in [0.2, 0.25) is 0 Å². The maximum Gasteiger partial charge on any atom is 0.156 e. The van der Waals surface area contributed by atoms with Crippen LogP contribution in [0.4, 0.5) is 10.1 Å². The number of hydrogen-bond acceptors (Lipinski definition) is 3. The first-order chi connectivity index (χ1) is 9.11. The van der Waals surface area contributed by atoms with E-state index in [9.17, 15) is 9.65 Å². The van der Waals surface area contributed by atoms with Crippen LogP contribution in [0, 0.1) is 17.1 Å². The Morgan fingerprint density at radius 1 is 1.32 bits per heavy atom. The number of imidazole rings is 1. The maximum atomic E-state index is 12.8. The second kappa shape index (κ2) is 5.53. The fourth-order valence-electron chi connectivity index (χ4n) is 1.86. The van der Waals surface area contributed by atoms with Crippen molar-refractivity contribution in [2.75, 3.05) is 5.32 Å². The summed E-state index contributed by atoms with van der Waals surface area (Å²) >= 11 is 0. The van der Waals surface area contributed by atoms with Crippen molar-refractivity contribution in [2.24, 2.45) is 0 Å². The molecule has 0 radical (unpaired) electrons. The van der Waals surface area contributed by atoms with Gasteiger partial charge in [-0.1, -0.05) is 0 Å². The van der Waals surface area contributed by atoms with E-state index in [0.29, 0.717) is 5.69 Å². The Bertz CT molecular complexity index is 580. The molecule has 0 aliphatic heterocycles. The van der Waals surface area contributed by atoms with Gasteiger partial charge in [-0.3, -0.25) is 0 Å². The third-order valence-corrected chi connectivity index (χ3v) is 2.83. The molecule has 0 spiro atoms. The molecule has 0 aliphatic rings. The minimum absolute atomic E-state index is 0.225. The number of halogens is 1. The summed E-state index contributed by atoms with van der Waals surface area (Å²) in [6, 6.07) is 7.83. The molecular formula is C14H15FN4. The molecule has 1 aromatic carbocycles. The second-order valence-corrected chi connectivity index (χ2v) is 4.53. The second-order valence-electron chi connectivity index (χ2n) is 4.53. The van der Waals surface area contributed by atoms with Crippen LogP contribution < -0.4 is 5.32 Å². The Morgan fingerprint density at radius 3 is 2.58 bits per heavy atom. The fraction of sp³-hybridized carbons (Fsp3) is 0.286. The summed E-state index contributed by atoms with van der Waals surface area (Å²) < 4.78 is 14.8. The molecule has 2 rings (SSSR count). The van der Waals surface area contributed by atoms with Gasteiger partial charge in [0.05, 0.1) is 24.3 Å². The predicted octanol–water partition coefficient (Wildman–Crippen LogP) is 3.28. The van der Waals surface area contributed by atoms with E-state index in [4.69, 9.17) is 0 Å². The van der Waals surface area contributed by atoms with Crippen molar-refractivity contribution in [3.05, 3.63) is 48.3 Å². The van der Waals surface area contributed by atoms with E-state index >= 15 is 0 Å². The Morgan fingerprint density at radius 2 is 2.00 bits per heavy atom. The average Bonchev–Trinajstić information content (AvgIpc) is 2.87. The van der Waals surface area contributed by atoms with Crippen LogP contribution in [-0.2, 0) is 0 Å². The van der Waals surface area contributed by atoms with Crippen LogP contribution in [0.3, 0.4) is 0 Å². The van der Waals surface area contributed by atoms with E-state index in [2.05, 4.69) is 16.4 Å². The molecule has 0 bridgehead atoms. The molecule has 0 aliphatic carbocycles. The van der Waals surface area contributed by atoms with Crippen molar-refractivity contribution in [2.45, 2.75) is 25.9 Å². The lowest BCUT2D eigenvalue weighted by molar-refractivity contribution is 0.570. The lowest BCUT2D eigenvalue weighted by Gasteiger charge is -2.17. The molecule has 1 aromatic heterocycles. The number of nitrogens with one attached hydrogen (secondary N) is 1. The molecule has 2 aromatic rings. The molecule has 98 valence electrons. The van der Waals surface area contributed by atoms with Gasteiger partial charge >= 0.3 is 0 Å². The number of aromatic nitrogens is 2. The van der Waals surface area contributed by atoms with Gasteiger partial charge in [0.1, 0.15) is 5.82 Å². The maximum absolute atomic E-state index is 12.8. The van der Waals surface area contributed by atoms with Crippen LogP contribution in [0.1, 0.15) is 31.6 Å². The highest BCUT2D eigenvalue weighted by molar-refractivity contribution is 5.46. The zero-order valence-electron chi connectivity index (χ0n) is 10.8. The molecule has 1 N–H and O–H groups in total. The first-order valence-electron chi connectivity index (χ1n) is 6.05. The van der Waals surface area contributed by atoms with Gasteiger partial charge in [-0.2, -0.15) is 5.26 Å². The van der Waals surface area contributed by atoms with Crippen molar-refractivity contribution >= 4 is 5.69 Å². The summed E-state index contributed by atoms with van der Waals surface area (Å²) in [7, 11) is 0. The molecule has 1 atom stereocenters. The first-order valence-corrected chi connectivity index (χ1v) is 6.05. The minimum Gasteiger partial charge on any atom is -0.365 e. The van der Waals surface area contributed by atoms with Crippen LogP contribution in [0.2, 0.25) is 0 Å². The zero-order chi connectivity index (χ0) is 13.8. The summed E-state index contributed by atoms with van der Waals surface area (Å²) in [5, 5.41) is 12.4. The van der Waals surface area contributed by atoms with Gasteiger partial charge in [0, 0.05) is 11.7 Å². The first kappa shape index (κ1) is 13.1. The largest absolute Gasteiger partial charge is 0.365 e. The highest BCUT2D eigenvalue weighted by Crippen LogP contribution is 2.21. The average molecular weight is 258 g/mol. The minimum atomic E-state index is -0.518. The summed E-state index contributed by atoms with van der Waals surface area (Å²) in [6.07, 6.45) is 3.38. The zero-order valence-corrected chi connectivity index (χ0v) is 10.8. The van der Waals surface area contributed by atoms with E-state index in [1.54, 1.807) is 24.7 Å². The highest BCUT2D eigenvalue weighted by Gasteiger charge is 2.16. The lowest BCUT2D eigenvalue weighted by atomic mass is 10.2. The van der Waals surface area contributed by atoms with Crippen LogP contribution in [0.25, 0.3) is 0 Å². The number of anilines is 1. The molecule has 0 saturated carbocycles. The molecular weight excluding hydrogens is 243 g/mol. The number of rotatable bonds is 4. The molecule has 1 unspecified atom stereocenters. The Kier molecular flexibility index (Phi) is 3.81. The van der Waals surface area contributed by atoms with Crippen molar-refractivity contribution in [3.8, 4) is 6.07 Å². The van der Waals surface area contributed by atoms with E-state index < -0.39 is 6.04 Å². The Labute approximate surface area is 111 Å². The van der Waals surface area contributed by atoms with Crippen molar-refractivity contribution < 1.29 is 4.39 Å². The van der Waals surface area contributed by atoms with Crippen molar-refractivity contribution in [1.82, 2.24) is 9.55 Å². The predicted molar refractivity (Wildman–Crippen MR) is 71.0 cm³/mol. The molecule has 19 heavy (non-hydrogen) atoms. The summed E-state index contributed by atoms with van der Waals surface area (Å²) in [6.45, 7) is 4.05. The smallest absolute Gasteiger partial charge is 0.156 e. The van der Waals surface area contributed by atoms with Gasteiger partial charge in [0.25, 0.3) is 0 Å². The van der Waals surface area contributed by atoms with E-state index in [1.807, 2.05) is 18.4 Å². The Hall–Kier alpha value is -2.35. The van der Waals surface area contributed by atoms with Crippen LogP contribution in [0.5, 0.6) is 0 Å². The number of nitrogens with zero attached hydrogens (tertiary/aromatic N) is 3. The SMILES string of the molecule is CC(C)n1cncc1C(C#N)Nc1ccc(F)cc1. The standard InChI is InChI=1S/C14H15FN4/c1-10(2)19-9-17-8-14(19)13(7-16)18-12-5-3-11(15)4-6-12/h3-6,8-10,13,18H,1-2H3. The van der Waals surface area contributed by atoms with E-state index in [0.717, 1.165) is 5.69 Å². The summed E-state index contributed by atoms with van der Waals surface area (Å²) in [4.78, 5) is 4.08. The summed E-state index contributed by atoms with van der Waals surface area (Å²) in [5.74, 6) is -0.300. The van der Waals surface area contributed by atoms with Crippen molar-refractivity contribution in [1.29, 1.82) is 5.26 Å². The van der Waals surface area contributed by atoms with Gasteiger partial charge in [-0.15, -0.1) is 0 Å². The normalized spacial score (nSPS) is 12.2. The molecule has 4 nitrogen and oxygen atoms in total. The van der Waals surface area contributed by atoms with Gasteiger partial charge < -0.3 is 9.88 Å². The number of nitriles is 1. The number of hydrogen-bond donors (Lipinski definition) is 1. The van der Waals surface area contributed by atoms with Gasteiger partial charge in [-0.25, -0.2) is 9.37 Å². The topological polar surface area (TPSA) is 53.6 Å². The van der Waals surface area contributed by atoms with Crippen molar-refractivity contribution in [3.63, 3.8) is 0 Å². The van der Waals surface area contributed by atoms with Crippen LogP contribution in [-0.4, -0.2) is 9.55 Å².